The first-order valence-electron chi connectivity index (χ1n) is 6.62. The number of nitrogens with one attached hydrogen (secondary N) is 1. The van der Waals surface area contributed by atoms with Crippen LogP contribution in [-0.2, 0) is 0 Å². The lowest BCUT2D eigenvalue weighted by atomic mass is 9.84. The van der Waals surface area contributed by atoms with Gasteiger partial charge < -0.3 is 5.41 Å². The van der Waals surface area contributed by atoms with Crippen LogP contribution in [0.2, 0.25) is 0 Å². The van der Waals surface area contributed by atoms with Crippen LogP contribution in [0.4, 0.5) is 0 Å². The van der Waals surface area contributed by atoms with Gasteiger partial charge in [0.05, 0.1) is 0 Å². The quantitative estimate of drug-likeness (QED) is 0.649. The molecule has 0 amide bonds. The highest BCUT2D eigenvalue weighted by Gasteiger charge is 2.17. The number of allylic oxidation sites excluding steroid dienone is 2. The molecule has 84 valence electrons. The lowest BCUT2D eigenvalue weighted by Gasteiger charge is -2.22. The molecule has 2 aliphatic carbocycles. The second-order valence-electron chi connectivity index (χ2n) is 5.16. The molecule has 0 bridgehead atoms. The van der Waals surface area contributed by atoms with E-state index in [0.29, 0.717) is 5.92 Å². The summed E-state index contributed by atoms with van der Waals surface area (Å²) in [5.74, 6) is 1.31. The Bertz CT molecular complexity index is 236. The van der Waals surface area contributed by atoms with Crippen molar-refractivity contribution in [3.05, 3.63) is 12.2 Å². The standard InChI is InChI=1S/C14H23N/c15-14-9-5-4-8-13(14)11-10-12-6-2-1-3-7-12/h10-13,15H,1-9H2. The average molecular weight is 205 g/mol. The minimum atomic E-state index is 0.487. The first-order chi connectivity index (χ1) is 7.36. The highest BCUT2D eigenvalue weighted by Crippen LogP contribution is 2.27. The zero-order valence-electron chi connectivity index (χ0n) is 9.67. The van der Waals surface area contributed by atoms with Crippen molar-refractivity contribution in [3.8, 4) is 0 Å². The van der Waals surface area contributed by atoms with Crippen LogP contribution in [0.3, 0.4) is 0 Å². The zero-order chi connectivity index (χ0) is 10.5. The first kappa shape index (κ1) is 10.9. The molecule has 15 heavy (non-hydrogen) atoms. The highest BCUT2D eigenvalue weighted by atomic mass is 14.4. The van der Waals surface area contributed by atoms with Crippen LogP contribution in [0, 0.1) is 17.2 Å². The molecule has 1 N–H and O–H groups in total. The molecule has 1 nitrogen and oxygen atoms in total. The van der Waals surface area contributed by atoms with Crippen molar-refractivity contribution < 1.29 is 0 Å². The fourth-order valence-corrected chi connectivity index (χ4v) is 2.87. The molecule has 0 aromatic rings. The molecule has 0 aliphatic heterocycles. The summed E-state index contributed by atoms with van der Waals surface area (Å²) in [5.41, 5.74) is 0.980. The van der Waals surface area contributed by atoms with E-state index >= 15 is 0 Å². The molecule has 1 heteroatoms. The van der Waals surface area contributed by atoms with Crippen molar-refractivity contribution in [1.82, 2.24) is 0 Å². The molecular formula is C14H23N. The van der Waals surface area contributed by atoms with Gasteiger partial charge in [-0.2, -0.15) is 0 Å². The molecule has 0 aromatic heterocycles. The van der Waals surface area contributed by atoms with Crippen LogP contribution in [0.15, 0.2) is 12.2 Å². The van der Waals surface area contributed by atoms with Gasteiger partial charge in [-0.25, -0.2) is 0 Å². The van der Waals surface area contributed by atoms with Crippen molar-refractivity contribution in [2.45, 2.75) is 57.8 Å². The van der Waals surface area contributed by atoms with E-state index in [9.17, 15) is 0 Å². The molecular weight excluding hydrogens is 182 g/mol. The van der Waals surface area contributed by atoms with Gasteiger partial charge in [0, 0.05) is 11.6 Å². The molecule has 0 saturated heterocycles. The summed E-state index contributed by atoms with van der Waals surface area (Å²) in [4.78, 5) is 0. The van der Waals surface area contributed by atoms with Crippen molar-refractivity contribution in [2.75, 3.05) is 0 Å². The maximum atomic E-state index is 7.91. The number of hydrogen-bond donors (Lipinski definition) is 1. The Kier molecular flexibility index (Phi) is 3.99. The lowest BCUT2D eigenvalue weighted by molar-refractivity contribution is 0.417. The van der Waals surface area contributed by atoms with Gasteiger partial charge in [-0.05, 0) is 38.0 Å². The maximum Gasteiger partial charge on any atom is 0.0158 e. The van der Waals surface area contributed by atoms with E-state index in [0.717, 1.165) is 18.1 Å². The van der Waals surface area contributed by atoms with E-state index in [-0.39, 0.29) is 0 Å². The zero-order valence-corrected chi connectivity index (χ0v) is 9.67. The van der Waals surface area contributed by atoms with Gasteiger partial charge >= 0.3 is 0 Å². The van der Waals surface area contributed by atoms with Gasteiger partial charge in [-0.1, -0.05) is 37.8 Å². The minimum absolute atomic E-state index is 0.487. The third-order valence-corrected chi connectivity index (χ3v) is 3.92. The second kappa shape index (κ2) is 5.48. The Morgan fingerprint density at radius 2 is 1.60 bits per heavy atom. The van der Waals surface area contributed by atoms with Crippen LogP contribution in [0.25, 0.3) is 0 Å². The van der Waals surface area contributed by atoms with E-state index in [1.54, 1.807) is 0 Å². The summed E-state index contributed by atoms with van der Waals surface area (Å²) in [6.45, 7) is 0. The van der Waals surface area contributed by atoms with Crippen LogP contribution in [0.1, 0.15) is 57.8 Å². The molecule has 0 radical (unpaired) electrons. The highest BCUT2D eigenvalue weighted by molar-refractivity contribution is 5.85. The molecule has 1 unspecified atom stereocenters. The molecule has 2 fully saturated rings. The normalized spacial score (nSPS) is 29.9. The van der Waals surface area contributed by atoms with Crippen LogP contribution in [0.5, 0.6) is 0 Å². The van der Waals surface area contributed by atoms with Gasteiger partial charge in [0.15, 0.2) is 0 Å². The fourth-order valence-electron chi connectivity index (χ4n) is 2.87. The van der Waals surface area contributed by atoms with E-state index < -0.39 is 0 Å². The summed E-state index contributed by atoms with van der Waals surface area (Å²) in [5, 5.41) is 7.91. The van der Waals surface area contributed by atoms with Gasteiger partial charge in [0.2, 0.25) is 0 Å². The summed E-state index contributed by atoms with van der Waals surface area (Å²) in [7, 11) is 0. The number of hydrogen-bond acceptors (Lipinski definition) is 1. The topological polar surface area (TPSA) is 23.9 Å². The summed E-state index contributed by atoms with van der Waals surface area (Å²) >= 11 is 0. The van der Waals surface area contributed by atoms with Gasteiger partial charge in [-0.15, -0.1) is 0 Å². The van der Waals surface area contributed by atoms with Crippen LogP contribution < -0.4 is 0 Å². The maximum absolute atomic E-state index is 7.91. The van der Waals surface area contributed by atoms with Gasteiger partial charge in [0.25, 0.3) is 0 Å². The van der Waals surface area contributed by atoms with Gasteiger partial charge in [-0.3, -0.25) is 0 Å². The Morgan fingerprint density at radius 1 is 0.867 bits per heavy atom. The Morgan fingerprint density at radius 3 is 2.33 bits per heavy atom. The number of rotatable bonds is 2. The molecule has 1 atom stereocenters. The summed E-state index contributed by atoms with van der Waals surface area (Å²) in [6, 6.07) is 0. The molecule has 0 heterocycles. The van der Waals surface area contributed by atoms with Crippen LogP contribution in [-0.4, -0.2) is 5.71 Å². The largest absolute Gasteiger partial charge is 0.309 e. The van der Waals surface area contributed by atoms with Crippen molar-refractivity contribution >= 4 is 5.71 Å². The molecule has 0 spiro atoms. The van der Waals surface area contributed by atoms with E-state index in [1.807, 2.05) is 0 Å². The van der Waals surface area contributed by atoms with Crippen LogP contribution >= 0.6 is 0 Å². The van der Waals surface area contributed by atoms with E-state index in [4.69, 9.17) is 5.41 Å². The fraction of sp³-hybridized carbons (Fsp3) is 0.786. The third-order valence-electron chi connectivity index (χ3n) is 3.92. The molecule has 2 saturated carbocycles. The van der Waals surface area contributed by atoms with Crippen molar-refractivity contribution in [2.24, 2.45) is 11.8 Å². The van der Waals surface area contributed by atoms with Crippen molar-refractivity contribution in [1.29, 1.82) is 5.41 Å². The predicted octanol–water partition coefficient (Wildman–Crippen LogP) is 4.33. The van der Waals surface area contributed by atoms with Crippen molar-refractivity contribution in [3.63, 3.8) is 0 Å². The predicted molar refractivity (Wildman–Crippen MR) is 65.4 cm³/mol. The molecule has 2 rings (SSSR count). The smallest absolute Gasteiger partial charge is 0.0158 e. The van der Waals surface area contributed by atoms with E-state index in [2.05, 4.69) is 12.2 Å². The molecule has 2 aliphatic rings. The summed E-state index contributed by atoms with van der Waals surface area (Å²) in [6.07, 6.45) is 16.6. The third kappa shape index (κ3) is 3.19. The summed E-state index contributed by atoms with van der Waals surface area (Å²) < 4.78 is 0. The Balaban J connectivity index is 1.83. The Labute approximate surface area is 93.5 Å². The monoisotopic (exact) mass is 205 g/mol. The average Bonchev–Trinajstić information content (AvgIpc) is 2.29. The Hall–Kier alpha value is -0.590. The minimum Gasteiger partial charge on any atom is -0.309 e. The SMILES string of the molecule is N=C1CCCCC1C=CC1CCCCC1. The van der Waals surface area contributed by atoms with Gasteiger partial charge in [0.1, 0.15) is 0 Å². The lowest BCUT2D eigenvalue weighted by Crippen LogP contribution is -2.16. The molecule has 0 aromatic carbocycles. The van der Waals surface area contributed by atoms with E-state index in [1.165, 1.54) is 51.4 Å². The first-order valence-corrected chi connectivity index (χ1v) is 6.62. The second-order valence-corrected chi connectivity index (χ2v) is 5.16.